The van der Waals surface area contributed by atoms with Gasteiger partial charge in [-0.25, -0.2) is 0 Å². The molecule has 19 heavy (non-hydrogen) atoms. The molecule has 5 nitrogen and oxygen atoms in total. The summed E-state index contributed by atoms with van der Waals surface area (Å²) in [5.74, 6) is 0. The minimum atomic E-state index is -3.40. The van der Waals surface area contributed by atoms with E-state index in [-0.39, 0.29) is 6.04 Å². The summed E-state index contributed by atoms with van der Waals surface area (Å²) in [7, 11) is -1.52. The van der Waals surface area contributed by atoms with E-state index in [2.05, 4.69) is 10.0 Å². The van der Waals surface area contributed by atoms with E-state index >= 15 is 0 Å². The topological polar surface area (TPSA) is 61.4 Å². The zero-order valence-corrected chi connectivity index (χ0v) is 12.2. The van der Waals surface area contributed by atoms with E-state index in [0.717, 1.165) is 18.4 Å². The molecule has 0 aliphatic carbocycles. The molecule has 1 fully saturated rings. The van der Waals surface area contributed by atoms with Crippen LogP contribution < -0.4 is 10.0 Å². The van der Waals surface area contributed by atoms with Crippen molar-refractivity contribution in [2.75, 3.05) is 24.9 Å². The third kappa shape index (κ3) is 3.46. The highest BCUT2D eigenvalue weighted by Gasteiger charge is 2.25. The van der Waals surface area contributed by atoms with Gasteiger partial charge in [-0.05, 0) is 44.5 Å². The summed E-state index contributed by atoms with van der Waals surface area (Å²) in [5.41, 5.74) is 1.68. The van der Waals surface area contributed by atoms with Gasteiger partial charge >= 0.3 is 10.2 Å². The van der Waals surface area contributed by atoms with E-state index in [1.54, 1.807) is 6.07 Å². The lowest BCUT2D eigenvalue weighted by Gasteiger charge is -2.18. The van der Waals surface area contributed by atoms with Crippen molar-refractivity contribution in [1.29, 1.82) is 0 Å². The standard InChI is InChI=1S/C13H21N3O2S/c1-11(14-2)12-6-5-7-13(10-12)15-19(17,18)16-8-3-4-9-16/h5-7,10-11,14-15H,3-4,8-9H2,1-2H3. The molecule has 2 N–H and O–H groups in total. The summed E-state index contributed by atoms with van der Waals surface area (Å²) >= 11 is 0. The minimum absolute atomic E-state index is 0.191. The second kappa shape index (κ2) is 5.90. The Morgan fingerprint density at radius 1 is 1.26 bits per heavy atom. The highest BCUT2D eigenvalue weighted by molar-refractivity contribution is 7.90. The molecular weight excluding hydrogens is 262 g/mol. The van der Waals surface area contributed by atoms with Crippen molar-refractivity contribution in [3.63, 3.8) is 0 Å². The first-order chi connectivity index (χ1) is 9.03. The van der Waals surface area contributed by atoms with Gasteiger partial charge in [0.2, 0.25) is 0 Å². The van der Waals surface area contributed by atoms with Crippen LogP contribution in [-0.2, 0) is 10.2 Å². The average Bonchev–Trinajstić information content (AvgIpc) is 2.92. The molecule has 0 radical (unpaired) electrons. The molecule has 1 atom stereocenters. The molecule has 1 heterocycles. The first-order valence-corrected chi connectivity index (χ1v) is 8.02. The molecule has 1 aliphatic rings. The number of anilines is 1. The van der Waals surface area contributed by atoms with Gasteiger partial charge in [0.25, 0.3) is 0 Å². The lowest BCUT2D eigenvalue weighted by atomic mass is 10.1. The Morgan fingerprint density at radius 2 is 1.95 bits per heavy atom. The van der Waals surface area contributed by atoms with Crippen LogP contribution in [0.4, 0.5) is 5.69 Å². The van der Waals surface area contributed by atoms with Crippen LogP contribution in [0, 0.1) is 0 Å². The fourth-order valence-electron chi connectivity index (χ4n) is 2.18. The van der Waals surface area contributed by atoms with E-state index in [0.29, 0.717) is 18.8 Å². The van der Waals surface area contributed by atoms with Gasteiger partial charge in [-0.2, -0.15) is 12.7 Å². The van der Waals surface area contributed by atoms with Crippen molar-refractivity contribution >= 4 is 15.9 Å². The highest BCUT2D eigenvalue weighted by atomic mass is 32.2. The average molecular weight is 283 g/mol. The number of nitrogens with one attached hydrogen (secondary N) is 2. The quantitative estimate of drug-likeness (QED) is 0.865. The zero-order valence-electron chi connectivity index (χ0n) is 11.4. The molecule has 1 unspecified atom stereocenters. The molecule has 0 bridgehead atoms. The van der Waals surface area contributed by atoms with E-state index in [1.807, 2.05) is 32.2 Å². The van der Waals surface area contributed by atoms with Gasteiger partial charge in [-0.15, -0.1) is 0 Å². The Hall–Kier alpha value is -1.11. The monoisotopic (exact) mass is 283 g/mol. The van der Waals surface area contributed by atoms with Crippen molar-refractivity contribution in [1.82, 2.24) is 9.62 Å². The Bertz CT molecular complexity index is 524. The fourth-order valence-corrected chi connectivity index (χ4v) is 3.47. The molecule has 1 aromatic rings. The molecule has 6 heteroatoms. The van der Waals surface area contributed by atoms with Crippen LogP contribution in [0.2, 0.25) is 0 Å². The van der Waals surface area contributed by atoms with Crippen molar-refractivity contribution < 1.29 is 8.42 Å². The molecule has 0 saturated carbocycles. The Labute approximate surface area is 115 Å². The van der Waals surface area contributed by atoms with E-state index in [1.165, 1.54) is 4.31 Å². The summed E-state index contributed by atoms with van der Waals surface area (Å²) < 4.78 is 28.5. The zero-order chi connectivity index (χ0) is 13.9. The number of hydrogen-bond donors (Lipinski definition) is 2. The van der Waals surface area contributed by atoms with Crippen molar-refractivity contribution in [2.24, 2.45) is 0 Å². The van der Waals surface area contributed by atoms with Crippen LogP contribution in [0.1, 0.15) is 31.4 Å². The summed E-state index contributed by atoms with van der Waals surface area (Å²) in [6.07, 6.45) is 1.88. The van der Waals surface area contributed by atoms with Gasteiger partial charge in [0.15, 0.2) is 0 Å². The normalized spacial score (nSPS) is 18.4. The first-order valence-electron chi connectivity index (χ1n) is 6.58. The van der Waals surface area contributed by atoms with Gasteiger partial charge in [-0.3, -0.25) is 4.72 Å². The van der Waals surface area contributed by atoms with E-state index in [9.17, 15) is 8.42 Å². The third-order valence-corrected chi connectivity index (χ3v) is 5.01. The molecule has 0 aromatic heterocycles. The maximum absolute atomic E-state index is 12.2. The maximum Gasteiger partial charge on any atom is 0.301 e. The third-order valence-electron chi connectivity index (χ3n) is 3.47. The fraction of sp³-hybridized carbons (Fsp3) is 0.538. The molecule has 1 aromatic carbocycles. The van der Waals surface area contributed by atoms with Gasteiger partial charge in [0.1, 0.15) is 0 Å². The molecule has 1 saturated heterocycles. The van der Waals surface area contributed by atoms with Gasteiger partial charge in [-0.1, -0.05) is 12.1 Å². The molecule has 1 aliphatic heterocycles. The van der Waals surface area contributed by atoms with Crippen molar-refractivity contribution in [3.05, 3.63) is 29.8 Å². The van der Waals surface area contributed by atoms with Crippen LogP contribution in [0.25, 0.3) is 0 Å². The lowest BCUT2D eigenvalue weighted by molar-refractivity contribution is 0.482. The largest absolute Gasteiger partial charge is 0.313 e. The van der Waals surface area contributed by atoms with Crippen molar-refractivity contribution in [3.8, 4) is 0 Å². The van der Waals surface area contributed by atoms with Crippen LogP contribution in [0.15, 0.2) is 24.3 Å². The molecular formula is C13H21N3O2S. The summed E-state index contributed by atoms with van der Waals surface area (Å²) in [6, 6.07) is 7.69. The second-order valence-corrected chi connectivity index (χ2v) is 6.52. The number of hydrogen-bond acceptors (Lipinski definition) is 3. The van der Waals surface area contributed by atoms with Crippen LogP contribution in [0.3, 0.4) is 0 Å². The predicted molar refractivity (Wildman–Crippen MR) is 77.3 cm³/mol. The van der Waals surface area contributed by atoms with Gasteiger partial charge in [0, 0.05) is 19.1 Å². The number of rotatable bonds is 5. The van der Waals surface area contributed by atoms with E-state index in [4.69, 9.17) is 0 Å². The SMILES string of the molecule is CNC(C)c1cccc(NS(=O)(=O)N2CCCC2)c1. The smallest absolute Gasteiger partial charge is 0.301 e. The minimum Gasteiger partial charge on any atom is -0.313 e. The molecule has 106 valence electrons. The predicted octanol–water partition coefficient (Wildman–Crippen LogP) is 1.72. The highest BCUT2D eigenvalue weighted by Crippen LogP contribution is 2.20. The van der Waals surface area contributed by atoms with Crippen molar-refractivity contribution in [2.45, 2.75) is 25.8 Å². The summed E-state index contributed by atoms with van der Waals surface area (Å²) in [6.45, 7) is 3.26. The Balaban J connectivity index is 2.14. The van der Waals surface area contributed by atoms with Crippen LogP contribution in [0.5, 0.6) is 0 Å². The summed E-state index contributed by atoms with van der Waals surface area (Å²) in [4.78, 5) is 0. The van der Waals surface area contributed by atoms with E-state index < -0.39 is 10.2 Å². The summed E-state index contributed by atoms with van der Waals surface area (Å²) in [5, 5.41) is 3.14. The molecule has 0 spiro atoms. The van der Waals surface area contributed by atoms with Crippen LogP contribution in [-0.4, -0.2) is 32.9 Å². The maximum atomic E-state index is 12.2. The molecule has 2 rings (SSSR count). The lowest BCUT2D eigenvalue weighted by Crippen LogP contribution is -2.33. The molecule has 0 amide bonds. The van der Waals surface area contributed by atoms with Gasteiger partial charge < -0.3 is 5.32 Å². The first kappa shape index (κ1) is 14.3. The van der Waals surface area contributed by atoms with Gasteiger partial charge in [0.05, 0.1) is 5.69 Å². The number of benzene rings is 1. The second-order valence-electron chi connectivity index (χ2n) is 4.85. The Kier molecular flexibility index (Phi) is 4.44. The van der Waals surface area contributed by atoms with Crippen LogP contribution >= 0.6 is 0 Å². The number of nitrogens with zero attached hydrogens (tertiary/aromatic N) is 1. The Morgan fingerprint density at radius 3 is 2.58 bits per heavy atom.